The maximum atomic E-state index is 12.8. The van der Waals surface area contributed by atoms with E-state index in [1.165, 1.54) is 0 Å². The lowest BCUT2D eigenvalue weighted by Crippen LogP contribution is -2.48. The Hall–Kier alpha value is -1.85. The lowest BCUT2D eigenvalue weighted by atomic mass is 9.93. The number of nitrogens with zero attached hydrogens (tertiary/aromatic N) is 3. The molecule has 0 radical (unpaired) electrons. The van der Waals surface area contributed by atoms with Gasteiger partial charge in [-0.05, 0) is 38.5 Å². The van der Waals surface area contributed by atoms with Gasteiger partial charge in [-0.2, -0.15) is 0 Å². The van der Waals surface area contributed by atoms with Crippen molar-refractivity contribution in [1.82, 2.24) is 15.0 Å². The van der Waals surface area contributed by atoms with Crippen molar-refractivity contribution in [2.75, 3.05) is 26.2 Å². The minimum atomic E-state index is -0.0462. The molecule has 6 heteroatoms. The zero-order valence-corrected chi connectivity index (χ0v) is 14.7. The molecule has 0 saturated carbocycles. The van der Waals surface area contributed by atoms with Crippen LogP contribution < -0.4 is 0 Å². The highest BCUT2D eigenvalue weighted by Gasteiger charge is 2.32. The smallest absolute Gasteiger partial charge is 0.228 e. The van der Waals surface area contributed by atoms with Crippen LogP contribution in [0.5, 0.6) is 0 Å². The van der Waals surface area contributed by atoms with E-state index in [1.54, 1.807) is 6.07 Å². The number of piperidine rings is 2. The summed E-state index contributed by atoms with van der Waals surface area (Å²) in [6, 6.07) is 1.79. The molecule has 6 nitrogen and oxygen atoms in total. The molecule has 0 aromatic carbocycles. The predicted molar refractivity (Wildman–Crippen MR) is 89.2 cm³/mol. The van der Waals surface area contributed by atoms with Gasteiger partial charge in [-0.1, -0.05) is 12.1 Å². The molecule has 0 spiro atoms. The van der Waals surface area contributed by atoms with Crippen LogP contribution in [-0.4, -0.2) is 52.9 Å². The lowest BCUT2D eigenvalue weighted by Gasteiger charge is -2.37. The van der Waals surface area contributed by atoms with Crippen LogP contribution in [0.25, 0.3) is 0 Å². The molecule has 0 aliphatic carbocycles. The third-order valence-electron chi connectivity index (χ3n) is 5.23. The molecule has 0 unspecified atom stereocenters. The van der Waals surface area contributed by atoms with Gasteiger partial charge < -0.3 is 14.3 Å². The summed E-state index contributed by atoms with van der Waals surface area (Å²) in [6.07, 6.45) is 4.21. The van der Waals surface area contributed by atoms with E-state index in [0.29, 0.717) is 23.9 Å². The molecular weight excluding hydrogens is 306 g/mol. The topological polar surface area (TPSA) is 66.7 Å². The third-order valence-corrected chi connectivity index (χ3v) is 5.23. The van der Waals surface area contributed by atoms with Crippen LogP contribution in [0.1, 0.15) is 44.1 Å². The molecule has 2 fully saturated rings. The Morgan fingerprint density at radius 3 is 2.62 bits per heavy atom. The van der Waals surface area contributed by atoms with Crippen molar-refractivity contribution in [3.05, 3.63) is 17.5 Å². The Labute approximate surface area is 143 Å². The van der Waals surface area contributed by atoms with Crippen molar-refractivity contribution < 1.29 is 14.1 Å². The summed E-state index contributed by atoms with van der Waals surface area (Å²) in [5.41, 5.74) is 0.663. The van der Waals surface area contributed by atoms with Gasteiger partial charge in [-0.15, -0.1) is 0 Å². The zero-order chi connectivity index (χ0) is 17.1. The van der Waals surface area contributed by atoms with Crippen LogP contribution in [-0.2, 0) is 16.0 Å². The average molecular weight is 333 g/mol. The summed E-state index contributed by atoms with van der Waals surface area (Å²) >= 11 is 0. The SMILES string of the molecule is Cc1cc(CC(=O)N2CCC[C@H](C(=O)N3CCC(C)CC3)C2)no1. The average Bonchev–Trinajstić information content (AvgIpc) is 3.00. The largest absolute Gasteiger partial charge is 0.361 e. The number of hydrogen-bond donors (Lipinski definition) is 0. The summed E-state index contributed by atoms with van der Waals surface area (Å²) in [5, 5.41) is 3.89. The van der Waals surface area contributed by atoms with Crippen LogP contribution in [0.4, 0.5) is 0 Å². The van der Waals surface area contributed by atoms with Crippen molar-refractivity contribution >= 4 is 11.8 Å². The van der Waals surface area contributed by atoms with Gasteiger partial charge in [0, 0.05) is 32.2 Å². The standard InChI is InChI=1S/C18H27N3O3/c1-13-5-8-20(9-6-13)18(23)15-4-3-7-21(12-15)17(22)11-16-10-14(2)24-19-16/h10,13,15H,3-9,11-12H2,1-2H3/t15-/m0/s1. The van der Waals surface area contributed by atoms with Gasteiger partial charge in [0.15, 0.2) is 0 Å². The van der Waals surface area contributed by atoms with E-state index >= 15 is 0 Å². The van der Waals surface area contributed by atoms with Crippen LogP contribution in [0, 0.1) is 18.8 Å². The van der Waals surface area contributed by atoms with E-state index in [4.69, 9.17) is 4.52 Å². The molecule has 2 amide bonds. The Morgan fingerprint density at radius 2 is 1.96 bits per heavy atom. The molecule has 0 bridgehead atoms. The second-order valence-electron chi connectivity index (χ2n) is 7.29. The van der Waals surface area contributed by atoms with Gasteiger partial charge in [0.25, 0.3) is 0 Å². The summed E-state index contributed by atoms with van der Waals surface area (Å²) in [5.74, 6) is 1.65. The number of likely N-dealkylation sites (tertiary alicyclic amines) is 2. The van der Waals surface area contributed by atoms with Crippen molar-refractivity contribution in [1.29, 1.82) is 0 Å². The molecule has 3 rings (SSSR count). The van der Waals surface area contributed by atoms with E-state index in [1.807, 2.05) is 16.7 Å². The maximum absolute atomic E-state index is 12.8. The predicted octanol–water partition coefficient (Wildman–Crippen LogP) is 2.02. The maximum Gasteiger partial charge on any atom is 0.228 e. The van der Waals surface area contributed by atoms with Crippen molar-refractivity contribution in [3.8, 4) is 0 Å². The number of aryl methyl sites for hydroxylation is 1. The molecule has 2 aliphatic heterocycles. The molecule has 0 N–H and O–H groups in total. The van der Waals surface area contributed by atoms with Crippen molar-refractivity contribution in [2.45, 2.75) is 46.0 Å². The zero-order valence-electron chi connectivity index (χ0n) is 14.7. The van der Waals surface area contributed by atoms with Gasteiger partial charge in [0.2, 0.25) is 11.8 Å². The van der Waals surface area contributed by atoms with Gasteiger partial charge in [-0.3, -0.25) is 9.59 Å². The van der Waals surface area contributed by atoms with Crippen LogP contribution in [0.3, 0.4) is 0 Å². The van der Waals surface area contributed by atoms with E-state index in [9.17, 15) is 9.59 Å². The van der Waals surface area contributed by atoms with Crippen molar-refractivity contribution in [3.63, 3.8) is 0 Å². The highest BCUT2D eigenvalue weighted by Crippen LogP contribution is 2.23. The van der Waals surface area contributed by atoms with Gasteiger partial charge >= 0.3 is 0 Å². The van der Waals surface area contributed by atoms with Gasteiger partial charge in [0.1, 0.15) is 5.76 Å². The highest BCUT2D eigenvalue weighted by atomic mass is 16.5. The first-order chi connectivity index (χ1) is 11.5. The number of carbonyl (C=O) groups excluding carboxylic acids is 2. The van der Waals surface area contributed by atoms with E-state index < -0.39 is 0 Å². The van der Waals surface area contributed by atoms with Crippen LogP contribution >= 0.6 is 0 Å². The minimum absolute atomic E-state index is 0.0352. The number of amides is 2. The summed E-state index contributed by atoms with van der Waals surface area (Å²) in [4.78, 5) is 29.1. The Kier molecular flexibility index (Phi) is 5.21. The molecule has 3 heterocycles. The van der Waals surface area contributed by atoms with Gasteiger partial charge in [-0.25, -0.2) is 0 Å². The first kappa shape index (κ1) is 17.0. The number of aromatic nitrogens is 1. The molecule has 24 heavy (non-hydrogen) atoms. The first-order valence-corrected chi connectivity index (χ1v) is 9.01. The quantitative estimate of drug-likeness (QED) is 0.849. The van der Waals surface area contributed by atoms with E-state index in [0.717, 1.165) is 45.3 Å². The Bertz CT molecular complexity index is 590. The van der Waals surface area contributed by atoms with E-state index in [-0.39, 0.29) is 24.2 Å². The van der Waals surface area contributed by atoms with Crippen LogP contribution in [0.2, 0.25) is 0 Å². The lowest BCUT2D eigenvalue weighted by molar-refractivity contribution is -0.141. The Balaban J connectivity index is 1.55. The van der Waals surface area contributed by atoms with Crippen LogP contribution in [0.15, 0.2) is 10.6 Å². The number of rotatable bonds is 3. The first-order valence-electron chi connectivity index (χ1n) is 9.01. The molecular formula is C18H27N3O3. The number of carbonyl (C=O) groups is 2. The molecule has 1 atom stereocenters. The normalized spacial score (nSPS) is 22.7. The summed E-state index contributed by atoms with van der Waals surface area (Å²) < 4.78 is 5.02. The van der Waals surface area contributed by atoms with Crippen molar-refractivity contribution in [2.24, 2.45) is 11.8 Å². The third kappa shape index (κ3) is 3.97. The minimum Gasteiger partial charge on any atom is -0.361 e. The number of hydrogen-bond acceptors (Lipinski definition) is 4. The molecule has 132 valence electrons. The second-order valence-corrected chi connectivity index (χ2v) is 7.29. The molecule has 1 aromatic rings. The fraction of sp³-hybridized carbons (Fsp3) is 0.722. The van der Waals surface area contributed by atoms with E-state index in [2.05, 4.69) is 12.1 Å². The van der Waals surface area contributed by atoms with Gasteiger partial charge in [0.05, 0.1) is 18.0 Å². The second kappa shape index (κ2) is 7.36. The molecule has 2 aliphatic rings. The fourth-order valence-electron chi connectivity index (χ4n) is 3.66. The highest BCUT2D eigenvalue weighted by molar-refractivity contribution is 5.82. The Morgan fingerprint density at radius 1 is 1.21 bits per heavy atom. The molecule has 2 saturated heterocycles. The monoisotopic (exact) mass is 333 g/mol. The summed E-state index contributed by atoms with van der Waals surface area (Å²) in [6.45, 7) is 7.06. The summed E-state index contributed by atoms with van der Waals surface area (Å²) in [7, 11) is 0. The molecule has 1 aromatic heterocycles. The fourth-order valence-corrected chi connectivity index (χ4v) is 3.66.